The van der Waals surface area contributed by atoms with Gasteiger partial charge in [0.05, 0.1) is 11.2 Å². The quantitative estimate of drug-likeness (QED) is 0.177. The molecule has 8 aromatic carbocycles. The van der Waals surface area contributed by atoms with E-state index in [2.05, 4.69) is 158 Å². The SMILES string of the molecule is c1ccc(-c2nc3nc(-c4cccc(C5c6cccc7c6-c6c5ccc5cccc(c65)-c5ccccc5-7)c4)nn3c3c2ccc2ccccc23)cc1. The van der Waals surface area contributed by atoms with Crippen molar-refractivity contribution in [2.45, 2.75) is 5.92 Å². The van der Waals surface area contributed by atoms with Gasteiger partial charge >= 0.3 is 0 Å². The molecule has 0 spiro atoms. The first kappa shape index (κ1) is 27.9. The number of benzene rings is 8. The maximum absolute atomic E-state index is 5.20. The fourth-order valence-electron chi connectivity index (χ4n) is 9.08. The van der Waals surface area contributed by atoms with E-state index in [9.17, 15) is 0 Å². The van der Waals surface area contributed by atoms with Crippen molar-refractivity contribution >= 4 is 38.2 Å². The summed E-state index contributed by atoms with van der Waals surface area (Å²) in [5.41, 5.74) is 15.8. The zero-order valence-corrected chi connectivity index (χ0v) is 28.0. The van der Waals surface area contributed by atoms with Gasteiger partial charge in [-0.05, 0) is 78.4 Å². The van der Waals surface area contributed by atoms with Gasteiger partial charge in [-0.1, -0.05) is 152 Å². The Morgan fingerprint density at radius 3 is 2.08 bits per heavy atom. The summed E-state index contributed by atoms with van der Waals surface area (Å²) in [5.74, 6) is 1.33. The third-order valence-electron chi connectivity index (χ3n) is 11.2. The standard InChI is InChI=1S/C48H28N4/c1-2-12-30(13-3-1)45-40-26-23-28-11-4-5-17-33(28)46(40)52-48(49-45)50-47(51-52)32-16-8-15-31(27-32)41-38-22-10-21-37-35-19-7-6-18-34(35)36-20-9-14-29-24-25-39(41)44(42(29)36)43(37)38/h1-27,41H. The van der Waals surface area contributed by atoms with Gasteiger partial charge in [-0.3, -0.25) is 0 Å². The minimum Gasteiger partial charge on any atom is -0.210 e. The summed E-state index contributed by atoms with van der Waals surface area (Å²) in [6.45, 7) is 0. The van der Waals surface area contributed by atoms with Crippen molar-refractivity contribution in [1.29, 1.82) is 0 Å². The van der Waals surface area contributed by atoms with E-state index in [0.29, 0.717) is 11.6 Å². The van der Waals surface area contributed by atoms with E-state index in [-0.39, 0.29) is 5.92 Å². The fourth-order valence-corrected chi connectivity index (χ4v) is 9.08. The predicted octanol–water partition coefficient (Wildman–Crippen LogP) is 11.7. The van der Waals surface area contributed by atoms with Crippen molar-refractivity contribution in [3.63, 3.8) is 0 Å². The van der Waals surface area contributed by atoms with Crippen LogP contribution in [0.15, 0.2) is 164 Å². The molecule has 2 aliphatic rings. The maximum atomic E-state index is 5.20. The van der Waals surface area contributed by atoms with Gasteiger partial charge in [0.15, 0.2) is 5.82 Å². The van der Waals surface area contributed by atoms with Gasteiger partial charge < -0.3 is 0 Å². The van der Waals surface area contributed by atoms with E-state index < -0.39 is 0 Å². The predicted molar refractivity (Wildman–Crippen MR) is 211 cm³/mol. The lowest BCUT2D eigenvalue weighted by Crippen LogP contribution is -2.00. The number of rotatable bonds is 3. The van der Waals surface area contributed by atoms with E-state index in [1.54, 1.807) is 0 Å². The number of aromatic nitrogens is 4. The monoisotopic (exact) mass is 660 g/mol. The molecule has 52 heavy (non-hydrogen) atoms. The van der Waals surface area contributed by atoms with Crippen molar-refractivity contribution in [3.05, 3.63) is 180 Å². The van der Waals surface area contributed by atoms with E-state index >= 15 is 0 Å². The van der Waals surface area contributed by atoms with E-state index in [1.807, 2.05) is 10.6 Å². The molecule has 2 aliphatic carbocycles. The summed E-state index contributed by atoms with van der Waals surface area (Å²) in [4.78, 5) is 10.3. The number of hydrogen-bond acceptors (Lipinski definition) is 3. The summed E-state index contributed by atoms with van der Waals surface area (Å²) in [6, 6.07) is 59.2. The highest BCUT2D eigenvalue weighted by Gasteiger charge is 2.36. The van der Waals surface area contributed by atoms with Crippen molar-refractivity contribution < 1.29 is 0 Å². The van der Waals surface area contributed by atoms with Gasteiger partial charge in [-0.2, -0.15) is 9.50 Å². The largest absolute Gasteiger partial charge is 0.253 e. The van der Waals surface area contributed by atoms with Gasteiger partial charge in [0, 0.05) is 27.8 Å². The lowest BCUT2D eigenvalue weighted by molar-refractivity contribution is 0.989. The minimum atomic E-state index is 0.0808. The minimum absolute atomic E-state index is 0.0808. The third-order valence-corrected chi connectivity index (χ3v) is 11.2. The average Bonchev–Trinajstić information content (AvgIpc) is 3.77. The first-order chi connectivity index (χ1) is 25.8. The van der Waals surface area contributed by atoms with E-state index in [0.717, 1.165) is 38.5 Å². The van der Waals surface area contributed by atoms with Crippen molar-refractivity contribution in [2.75, 3.05) is 0 Å². The molecule has 12 rings (SSSR count). The third kappa shape index (κ3) is 3.73. The van der Waals surface area contributed by atoms with Crippen LogP contribution in [-0.2, 0) is 0 Å². The van der Waals surface area contributed by atoms with Crippen LogP contribution in [0.1, 0.15) is 22.6 Å². The molecule has 2 heterocycles. The molecule has 0 radical (unpaired) electrons. The molecule has 240 valence electrons. The summed E-state index contributed by atoms with van der Waals surface area (Å²) in [7, 11) is 0. The Kier molecular flexibility index (Phi) is 5.53. The number of fused-ring (bicyclic) bond motifs is 8. The van der Waals surface area contributed by atoms with Crippen LogP contribution in [0.3, 0.4) is 0 Å². The first-order valence-corrected chi connectivity index (χ1v) is 17.8. The van der Waals surface area contributed by atoms with Crippen molar-refractivity contribution in [1.82, 2.24) is 19.6 Å². The molecule has 0 bridgehead atoms. The Balaban J connectivity index is 1.08. The summed E-state index contributed by atoms with van der Waals surface area (Å²) < 4.78 is 1.94. The fraction of sp³-hybridized carbons (Fsp3) is 0.0208. The van der Waals surface area contributed by atoms with Gasteiger partial charge in [-0.15, -0.1) is 5.10 Å². The zero-order chi connectivity index (χ0) is 33.9. The number of nitrogens with zero attached hydrogens (tertiary/aromatic N) is 4. The van der Waals surface area contributed by atoms with Crippen LogP contribution in [0, 0.1) is 0 Å². The van der Waals surface area contributed by atoms with E-state index in [1.165, 1.54) is 60.8 Å². The van der Waals surface area contributed by atoms with Gasteiger partial charge in [0.25, 0.3) is 5.78 Å². The Morgan fingerprint density at radius 1 is 0.462 bits per heavy atom. The second-order valence-electron chi connectivity index (χ2n) is 14.0. The molecule has 0 fully saturated rings. The Hall–Kier alpha value is -6.91. The molecule has 4 heteroatoms. The molecule has 1 atom stereocenters. The lowest BCUT2D eigenvalue weighted by Gasteiger charge is -2.18. The van der Waals surface area contributed by atoms with Crippen molar-refractivity contribution in [3.8, 4) is 56.0 Å². The smallest absolute Gasteiger partial charge is 0.210 e. The van der Waals surface area contributed by atoms with Crippen LogP contribution in [0.5, 0.6) is 0 Å². The highest BCUT2D eigenvalue weighted by atomic mass is 15.3. The Bertz CT molecular complexity index is 3140. The molecule has 0 N–H and O–H groups in total. The number of hydrogen-bond donors (Lipinski definition) is 0. The second-order valence-corrected chi connectivity index (χ2v) is 14.0. The molecule has 4 nitrogen and oxygen atoms in total. The summed E-state index contributed by atoms with van der Waals surface area (Å²) in [5, 5.41) is 11.1. The van der Waals surface area contributed by atoms with Crippen molar-refractivity contribution in [2.24, 2.45) is 0 Å². The van der Waals surface area contributed by atoms with Crippen LogP contribution in [0.4, 0.5) is 0 Å². The second kappa shape index (κ2) is 10.3. The maximum Gasteiger partial charge on any atom is 0.253 e. The first-order valence-electron chi connectivity index (χ1n) is 17.8. The summed E-state index contributed by atoms with van der Waals surface area (Å²) >= 11 is 0. The lowest BCUT2D eigenvalue weighted by atomic mass is 9.85. The average molecular weight is 661 g/mol. The molecule has 2 aromatic heterocycles. The Labute approximate surface area is 299 Å². The van der Waals surface area contributed by atoms with Crippen LogP contribution < -0.4 is 0 Å². The van der Waals surface area contributed by atoms with Crippen LogP contribution in [0.2, 0.25) is 0 Å². The van der Waals surface area contributed by atoms with Gasteiger partial charge in [-0.25, -0.2) is 4.98 Å². The van der Waals surface area contributed by atoms with Gasteiger partial charge in [0.1, 0.15) is 0 Å². The molecular formula is C48H28N4. The van der Waals surface area contributed by atoms with Crippen LogP contribution in [0.25, 0.3) is 94.3 Å². The highest BCUT2D eigenvalue weighted by molar-refractivity contribution is 6.16. The zero-order valence-electron chi connectivity index (χ0n) is 28.0. The molecule has 0 saturated carbocycles. The molecule has 0 aliphatic heterocycles. The molecule has 1 unspecified atom stereocenters. The molecule has 10 aromatic rings. The van der Waals surface area contributed by atoms with E-state index in [4.69, 9.17) is 15.1 Å². The topological polar surface area (TPSA) is 43.1 Å². The molecular weight excluding hydrogens is 633 g/mol. The highest BCUT2D eigenvalue weighted by Crippen LogP contribution is 2.58. The van der Waals surface area contributed by atoms with Gasteiger partial charge in [0.2, 0.25) is 0 Å². The molecule has 0 amide bonds. The molecule has 0 saturated heterocycles. The van der Waals surface area contributed by atoms with Crippen LogP contribution >= 0.6 is 0 Å². The van der Waals surface area contributed by atoms with Crippen LogP contribution in [-0.4, -0.2) is 19.6 Å². The Morgan fingerprint density at radius 2 is 1.15 bits per heavy atom. The normalized spacial score (nSPS) is 14.0. The summed E-state index contributed by atoms with van der Waals surface area (Å²) in [6.07, 6.45) is 0.